The van der Waals surface area contributed by atoms with Gasteiger partial charge in [0.1, 0.15) is 5.82 Å². The van der Waals surface area contributed by atoms with Crippen molar-refractivity contribution in [1.29, 1.82) is 0 Å². The topological polar surface area (TPSA) is 68.3 Å². The van der Waals surface area contributed by atoms with Crippen molar-refractivity contribution < 1.29 is 14.3 Å². The monoisotopic (exact) mass is 290 g/mol. The quantitative estimate of drug-likeness (QED) is 0.859. The molecule has 2 aromatic rings. The van der Waals surface area contributed by atoms with Crippen molar-refractivity contribution in [2.24, 2.45) is 0 Å². The van der Waals surface area contributed by atoms with E-state index in [-0.39, 0.29) is 5.91 Å². The third-order valence-corrected chi connectivity index (χ3v) is 3.40. The molecule has 1 N–H and O–H groups in total. The van der Waals surface area contributed by atoms with Crippen LogP contribution in [0.15, 0.2) is 35.2 Å². The number of ether oxygens (including phenoxy) is 1. The number of nitrogens with one attached hydrogen (secondary N) is 1. The number of nitrogens with zero attached hydrogens (tertiary/aromatic N) is 1. The molecule has 0 aromatic carbocycles. The van der Waals surface area contributed by atoms with Crippen molar-refractivity contribution in [3.8, 4) is 0 Å². The molecule has 104 valence electrons. The van der Waals surface area contributed by atoms with Gasteiger partial charge in [-0.15, -0.1) is 0 Å². The summed E-state index contributed by atoms with van der Waals surface area (Å²) < 4.78 is 4.61. The van der Waals surface area contributed by atoms with Crippen LogP contribution in [0.1, 0.15) is 22.3 Å². The lowest BCUT2D eigenvalue weighted by atomic mass is 10.2. The first-order chi connectivity index (χ1) is 9.69. The zero-order valence-corrected chi connectivity index (χ0v) is 11.8. The number of aryl methyl sites for hydroxylation is 1. The van der Waals surface area contributed by atoms with Crippen LogP contribution < -0.4 is 5.32 Å². The second-order valence-electron chi connectivity index (χ2n) is 4.10. The lowest BCUT2D eigenvalue weighted by molar-refractivity contribution is -0.116. The molecule has 0 saturated carbocycles. The standard InChI is InChI=1S/C14H14N2O3S/c1-19-14(18)11-4-6-15-12(8-11)16-13(17)3-2-10-5-7-20-9-10/h4-9H,2-3H2,1H3,(H,15,16,17). The Balaban J connectivity index is 1.92. The second-order valence-corrected chi connectivity index (χ2v) is 4.88. The number of thiophene rings is 1. The number of rotatable bonds is 5. The number of pyridine rings is 1. The summed E-state index contributed by atoms with van der Waals surface area (Å²) in [6.07, 6.45) is 2.52. The Morgan fingerprint density at radius 2 is 2.25 bits per heavy atom. The molecule has 20 heavy (non-hydrogen) atoms. The summed E-state index contributed by atoms with van der Waals surface area (Å²) in [5.41, 5.74) is 1.50. The van der Waals surface area contributed by atoms with Gasteiger partial charge in [0.05, 0.1) is 12.7 Å². The van der Waals surface area contributed by atoms with Gasteiger partial charge in [0, 0.05) is 12.6 Å². The van der Waals surface area contributed by atoms with E-state index < -0.39 is 5.97 Å². The van der Waals surface area contributed by atoms with E-state index in [4.69, 9.17) is 0 Å². The average molecular weight is 290 g/mol. The third-order valence-electron chi connectivity index (χ3n) is 2.67. The summed E-state index contributed by atoms with van der Waals surface area (Å²) >= 11 is 1.61. The minimum absolute atomic E-state index is 0.134. The Morgan fingerprint density at radius 3 is 2.95 bits per heavy atom. The second kappa shape index (κ2) is 6.81. The van der Waals surface area contributed by atoms with Gasteiger partial charge in [-0.05, 0) is 40.9 Å². The first kappa shape index (κ1) is 14.2. The highest BCUT2D eigenvalue weighted by Crippen LogP contribution is 2.11. The highest BCUT2D eigenvalue weighted by atomic mass is 32.1. The molecular weight excluding hydrogens is 276 g/mol. The number of methoxy groups -OCH3 is 1. The molecule has 1 amide bonds. The van der Waals surface area contributed by atoms with Crippen molar-refractivity contribution in [3.63, 3.8) is 0 Å². The van der Waals surface area contributed by atoms with Crippen molar-refractivity contribution in [2.45, 2.75) is 12.8 Å². The molecule has 0 saturated heterocycles. The molecule has 0 unspecified atom stereocenters. The molecule has 5 nitrogen and oxygen atoms in total. The lowest BCUT2D eigenvalue weighted by Crippen LogP contribution is -2.14. The van der Waals surface area contributed by atoms with Crippen LogP contribution in [0.4, 0.5) is 5.82 Å². The highest BCUT2D eigenvalue weighted by molar-refractivity contribution is 7.07. The molecule has 0 radical (unpaired) electrons. The maximum absolute atomic E-state index is 11.8. The molecule has 2 aromatic heterocycles. The number of aromatic nitrogens is 1. The fraction of sp³-hybridized carbons (Fsp3) is 0.214. The van der Waals surface area contributed by atoms with Gasteiger partial charge in [0.25, 0.3) is 0 Å². The van der Waals surface area contributed by atoms with Crippen LogP contribution in [0.2, 0.25) is 0 Å². The Labute approximate surface area is 120 Å². The largest absolute Gasteiger partial charge is 0.465 e. The van der Waals surface area contributed by atoms with Crippen LogP contribution in [-0.2, 0) is 16.0 Å². The Kier molecular flexibility index (Phi) is 4.84. The van der Waals surface area contributed by atoms with Crippen LogP contribution >= 0.6 is 11.3 Å². The summed E-state index contributed by atoms with van der Waals surface area (Å²) in [5.74, 6) is -0.241. The zero-order valence-electron chi connectivity index (χ0n) is 11.0. The SMILES string of the molecule is COC(=O)c1ccnc(NC(=O)CCc2ccsc2)c1. The number of carbonyl (C=O) groups is 2. The van der Waals surface area contributed by atoms with E-state index in [0.29, 0.717) is 24.2 Å². The molecule has 6 heteroatoms. The maximum atomic E-state index is 11.8. The molecule has 0 aliphatic rings. The van der Waals surface area contributed by atoms with Gasteiger partial charge < -0.3 is 10.1 Å². The fourth-order valence-electron chi connectivity index (χ4n) is 1.64. The number of anilines is 1. The van der Waals surface area contributed by atoms with Crippen molar-refractivity contribution in [1.82, 2.24) is 4.98 Å². The van der Waals surface area contributed by atoms with E-state index in [1.807, 2.05) is 16.8 Å². The van der Waals surface area contributed by atoms with Gasteiger partial charge >= 0.3 is 5.97 Å². The molecular formula is C14H14N2O3S. The van der Waals surface area contributed by atoms with E-state index in [1.165, 1.54) is 25.4 Å². The Bertz CT molecular complexity index is 596. The van der Waals surface area contributed by atoms with Crippen LogP contribution in [0, 0.1) is 0 Å². The van der Waals surface area contributed by atoms with E-state index in [1.54, 1.807) is 11.3 Å². The Morgan fingerprint density at radius 1 is 1.40 bits per heavy atom. The molecule has 0 bridgehead atoms. The predicted octanol–water partition coefficient (Wildman–Crippen LogP) is 2.50. The number of esters is 1. The molecule has 0 aliphatic carbocycles. The highest BCUT2D eigenvalue weighted by Gasteiger charge is 2.09. The van der Waals surface area contributed by atoms with Crippen LogP contribution in [-0.4, -0.2) is 24.0 Å². The van der Waals surface area contributed by atoms with Crippen molar-refractivity contribution in [2.75, 3.05) is 12.4 Å². The first-order valence-corrected chi connectivity index (χ1v) is 6.98. The molecule has 0 spiro atoms. The van der Waals surface area contributed by atoms with Gasteiger partial charge in [0.2, 0.25) is 5.91 Å². The zero-order chi connectivity index (χ0) is 14.4. The number of hydrogen-bond donors (Lipinski definition) is 1. The van der Waals surface area contributed by atoms with Gasteiger partial charge in [-0.3, -0.25) is 4.79 Å². The molecule has 2 rings (SSSR count). The summed E-state index contributed by atoms with van der Waals surface area (Å²) in [5, 5.41) is 6.67. The van der Waals surface area contributed by atoms with Crippen LogP contribution in [0.25, 0.3) is 0 Å². The smallest absolute Gasteiger partial charge is 0.338 e. The summed E-state index contributed by atoms with van der Waals surface area (Å²) in [4.78, 5) is 27.2. The predicted molar refractivity (Wildman–Crippen MR) is 76.8 cm³/mol. The number of carbonyl (C=O) groups excluding carboxylic acids is 2. The fourth-order valence-corrected chi connectivity index (χ4v) is 2.34. The lowest BCUT2D eigenvalue weighted by Gasteiger charge is -2.05. The van der Waals surface area contributed by atoms with E-state index >= 15 is 0 Å². The normalized spacial score (nSPS) is 10.1. The molecule has 0 fully saturated rings. The summed E-state index contributed by atoms with van der Waals surface area (Å²) in [6, 6.07) is 5.02. The van der Waals surface area contributed by atoms with Crippen LogP contribution in [0.5, 0.6) is 0 Å². The average Bonchev–Trinajstić information content (AvgIpc) is 2.98. The van der Waals surface area contributed by atoms with Gasteiger partial charge in [-0.2, -0.15) is 11.3 Å². The number of amides is 1. The van der Waals surface area contributed by atoms with Crippen molar-refractivity contribution >= 4 is 29.0 Å². The number of hydrogen-bond acceptors (Lipinski definition) is 5. The Hall–Kier alpha value is -2.21. The minimum Gasteiger partial charge on any atom is -0.465 e. The van der Waals surface area contributed by atoms with Crippen molar-refractivity contribution in [3.05, 3.63) is 46.3 Å². The minimum atomic E-state index is -0.457. The van der Waals surface area contributed by atoms with E-state index in [2.05, 4.69) is 15.0 Å². The van der Waals surface area contributed by atoms with Gasteiger partial charge in [-0.1, -0.05) is 0 Å². The first-order valence-electron chi connectivity index (χ1n) is 6.04. The van der Waals surface area contributed by atoms with E-state index in [0.717, 1.165) is 5.56 Å². The van der Waals surface area contributed by atoms with E-state index in [9.17, 15) is 9.59 Å². The van der Waals surface area contributed by atoms with Gasteiger partial charge in [-0.25, -0.2) is 9.78 Å². The maximum Gasteiger partial charge on any atom is 0.338 e. The third kappa shape index (κ3) is 3.89. The molecule has 0 atom stereocenters. The van der Waals surface area contributed by atoms with Gasteiger partial charge in [0.15, 0.2) is 0 Å². The molecule has 0 aliphatic heterocycles. The summed E-state index contributed by atoms with van der Waals surface area (Å²) in [7, 11) is 1.31. The molecule has 2 heterocycles. The van der Waals surface area contributed by atoms with Crippen LogP contribution in [0.3, 0.4) is 0 Å². The summed E-state index contributed by atoms with van der Waals surface area (Å²) in [6.45, 7) is 0.